The first kappa shape index (κ1) is 19.8. The minimum atomic E-state index is -0.0983. The lowest BCUT2D eigenvalue weighted by Crippen LogP contribution is -1.98. The Morgan fingerprint density at radius 1 is 0.905 bits per heavy atom. The average molecular weight is 292 g/mol. The van der Waals surface area contributed by atoms with Gasteiger partial charge in [-0.1, -0.05) is 44.8 Å². The molecule has 0 amide bonds. The molecule has 0 bridgehead atoms. The minimum absolute atomic E-state index is 0.0983. The Morgan fingerprint density at radius 3 is 2.38 bits per heavy atom. The summed E-state index contributed by atoms with van der Waals surface area (Å²) in [5.41, 5.74) is 0. The summed E-state index contributed by atoms with van der Waals surface area (Å²) in [4.78, 5) is 10.9. The zero-order chi connectivity index (χ0) is 15.6. The van der Waals surface area contributed by atoms with Crippen LogP contribution in [0.4, 0.5) is 0 Å². The first-order chi connectivity index (χ1) is 10.3. The molecule has 0 aliphatic heterocycles. The molecule has 0 saturated heterocycles. The second kappa shape index (κ2) is 16.8. The highest BCUT2D eigenvalue weighted by Crippen LogP contribution is 2.05. The molecule has 0 atom stereocenters. The third kappa shape index (κ3) is 16.7. The molecule has 0 aliphatic carbocycles. The molecule has 0 fully saturated rings. The molecule has 0 aliphatic rings. The normalized spacial score (nSPS) is 10.4. The van der Waals surface area contributed by atoms with Crippen LogP contribution in [0.25, 0.3) is 0 Å². The van der Waals surface area contributed by atoms with E-state index in [2.05, 4.69) is 35.7 Å². The van der Waals surface area contributed by atoms with Crippen LogP contribution in [-0.4, -0.2) is 13.1 Å². The maximum atomic E-state index is 10.9. The van der Waals surface area contributed by atoms with Crippen molar-refractivity contribution in [1.29, 1.82) is 0 Å². The number of ether oxygens (including phenoxy) is 1. The summed E-state index contributed by atoms with van der Waals surface area (Å²) in [6.07, 6.45) is 17.6. The second-order valence-electron chi connectivity index (χ2n) is 5.35. The van der Waals surface area contributed by atoms with Gasteiger partial charge in [0.25, 0.3) is 0 Å². The van der Waals surface area contributed by atoms with Gasteiger partial charge in [-0.2, -0.15) is 0 Å². The number of carbonyl (C=O) groups is 1. The van der Waals surface area contributed by atoms with E-state index in [0.29, 0.717) is 6.42 Å². The Balaban J connectivity index is 3.26. The van der Waals surface area contributed by atoms with E-state index in [1.807, 2.05) is 0 Å². The van der Waals surface area contributed by atoms with Crippen LogP contribution in [-0.2, 0) is 9.53 Å². The zero-order valence-corrected chi connectivity index (χ0v) is 14.0. The molecule has 0 radical (unpaired) electrons. The molecule has 21 heavy (non-hydrogen) atoms. The van der Waals surface area contributed by atoms with Crippen molar-refractivity contribution >= 4 is 5.97 Å². The summed E-state index contributed by atoms with van der Waals surface area (Å²) in [6.45, 7) is 2.23. The summed E-state index contributed by atoms with van der Waals surface area (Å²) < 4.78 is 4.60. The third-order valence-electron chi connectivity index (χ3n) is 3.36. The van der Waals surface area contributed by atoms with Gasteiger partial charge in [-0.3, -0.25) is 4.79 Å². The van der Waals surface area contributed by atoms with E-state index in [0.717, 1.165) is 44.9 Å². The van der Waals surface area contributed by atoms with Gasteiger partial charge in [-0.05, 0) is 32.1 Å². The van der Waals surface area contributed by atoms with Crippen LogP contribution in [0.3, 0.4) is 0 Å². The number of hydrogen-bond donors (Lipinski definition) is 0. The lowest BCUT2D eigenvalue weighted by molar-refractivity contribution is -0.140. The number of hydrogen-bond acceptors (Lipinski definition) is 2. The average Bonchev–Trinajstić information content (AvgIpc) is 2.50. The Morgan fingerprint density at radius 2 is 1.62 bits per heavy atom. The van der Waals surface area contributed by atoms with Crippen molar-refractivity contribution in [1.82, 2.24) is 0 Å². The molecule has 0 spiro atoms. The fraction of sp³-hybridized carbons (Fsp3) is 0.737. The molecule has 2 heteroatoms. The Labute approximate surface area is 131 Å². The highest BCUT2D eigenvalue weighted by Gasteiger charge is 1.97. The van der Waals surface area contributed by atoms with Gasteiger partial charge in [-0.15, -0.1) is 11.8 Å². The number of rotatable bonds is 12. The van der Waals surface area contributed by atoms with Gasteiger partial charge in [0.1, 0.15) is 0 Å². The first-order valence-corrected chi connectivity index (χ1v) is 8.48. The maximum absolute atomic E-state index is 10.9. The predicted octanol–water partition coefficient (Wildman–Crippen LogP) is 5.42. The van der Waals surface area contributed by atoms with Gasteiger partial charge in [-0.25, -0.2) is 0 Å². The van der Waals surface area contributed by atoms with Crippen LogP contribution in [0.1, 0.15) is 84.0 Å². The van der Waals surface area contributed by atoms with E-state index in [4.69, 9.17) is 0 Å². The molecule has 120 valence electrons. The van der Waals surface area contributed by atoms with Crippen LogP contribution < -0.4 is 0 Å². The van der Waals surface area contributed by atoms with Crippen LogP contribution in [0.15, 0.2) is 12.2 Å². The maximum Gasteiger partial charge on any atom is 0.305 e. The van der Waals surface area contributed by atoms with E-state index in [1.165, 1.54) is 32.8 Å². The van der Waals surface area contributed by atoms with Crippen molar-refractivity contribution in [2.24, 2.45) is 0 Å². The fourth-order valence-electron chi connectivity index (χ4n) is 2.02. The Hall–Kier alpha value is -1.23. The monoisotopic (exact) mass is 292 g/mol. The standard InChI is InChI=1S/C19H32O2/c1-3-4-5-6-7-8-9-10-11-12-13-14-15-16-17-18-19(20)21-2/h12-13H,3-7,10-11,14-18H2,1-2H3/b13-12-. The molecule has 0 aromatic rings. The predicted molar refractivity (Wildman–Crippen MR) is 90.0 cm³/mol. The molecule has 2 nitrogen and oxygen atoms in total. The summed E-state index contributed by atoms with van der Waals surface area (Å²) >= 11 is 0. The largest absolute Gasteiger partial charge is 0.469 e. The molecule has 0 N–H and O–H groups in total. The third-order valence-corrected chi connectivity index (χ3v) is 3.36. The van der Waals surface area contributed by atoms with Crippen molar-refractivity contribution in [3.63, 3.8) is 0 Å². The molecule has 0 heterocycles. The van der Waals surface area contributed by atoms with Crippen molar-refractivity contribution in [3.05, 3.63) is 12.2 Å². The SMILES string of the molecule is CCCCCCC#CCC/C=C\CCCCCC(=O)OC. The van der Waals surface area contributed by atoms with Crippen LogP contribution in [0, 0.1) is 11.8 Å². The molecular formula is C19H32O2. The molecular weight excluding hydrogens is 260 g/mol. The van der Waals surface area contributed by atoms with Crippen molar-refractivity contribution in [2.45, 2.75) is 84.0 Å². The second-order valence-corrected chi connectivity index (χ2v) is 5.35. The number of carbonyl (C=O) groups excluding carboxylic acids is 1. The van der Waals surface area contributed by atoms with E-state index >= 15 is 0 Å². The summed E-state index contributed by atoms with van der Waals surface area (Å²) in [5.74, 6) is 6.39. The molecule has 0 unspecified atom stereocenters. The van der Waals surface area contributed by atoms with Gasteiger partial charge < -0.3 is 4.74 Å². The first-order valence-electron chi connectivity index (χ1n) is 8.48. The number of methoxy groups -OCH3 is 1. The molecule has 0 saturated carbocycles. The van der Waals surface area contributed by atoms with Gasteiger partial charge in [0, 0.05) is 19.3 Å². The number of unbranched alkanes of at least 4 members (excludes halogenated alkanes) is 8. The Bertz CT molecular complexity index is 320. The van der Waals surface area contributed by atoms with Crippen LogP contribution >= 0.6 is 0 Å². The quantitative estimate of drug-likeness (QED) is 0.208. The molecule has 0 aromatic carbocycles. The van der Waals surface area contributed by atoms with Gasteiger partial charge in [0.05, 0.1) is 7.11 Å². The van der Waals surface area contributed by atoms with E-state index in [9.17, 15) is 4.79 Å². The van der Waals surface area contributed by atoms with Gasteiger partial charge in [0.2, 0.25) is 0 Å². The van der Waals surface area contributed by atoms with Gasteiger partial charge in [0.15, 0.2) is 0 Å². The highest BCUT2D eigenvalue weighted by molar-refractivity contribution is 5.68. The smallest absolute Gasteiger partial charge is 0.305 e. The summed E-state index contributed by atoms with van der Waals surface area (Å²) in [7, 11) is 1.44. The fourth-order valence-corrected chi connectivity index (χ4v) is 2.02. The molecule has 0 rings (SSSR count). The summed E-state index contributed by atoms with van der Waals surface area (Å²) in [6, 6.07) is 0. The minimum Gasteiger partial charge on any atom is -0.469 e. The Kier molecular flexibility index (Phi) is 15.8. The van der Waals surface area contributed by atoms with Crippen molar-refractivity contribution in [2.75, 3.05) is 7.11 Å². The molecule has 0 aromatic heterocycles. The van der Waals surface area contributed by atoms with Crippen LogP contribution in [0.2, 0.25) is 0 Å². The van der Waals surface area contributed by atoms with E-state index < -0.39 is 0 Å². The highest BCUT2D eigenvalue weighted by atomic mass is 16.5. The lowest BCUT2D eigenvalue weighted by atomic mass is 10.1. The van der Waals surface area contributed by atoms with E-state index in [-0.39, 0.29) is 5.97 Å². The summed E-state index contributed by atoms with van der Waals surface area (Å²) in [5, 5.41) is 0. The topological polar surface area (TPSA) is 26.3 Å². The lowest BCUT2D eigenvalue weighted by Gasteiger charge is -1.98. The van der Waals surface area contributed by atoms with Gasteiger partial charge >= 0.3 is 5.97 Å². The van der Waals surface area contributed by atoms with E-state index in [1.54, 1.807) is 0 Å². The van der Waals surface area contributed by atoms with Crippen molar-refractivity contribution < 1.29 is 9.53 Å². The number of esters is 1. The zero-order valence-electron chi connectivity index (χ0n) is 14.0. The number of allylic oxidation sites excluding steroid dienone is 2. The van der Waals surface area contributed by atoms with Crippen molar-refractivity contribution in [3.8, 4) is 11.8 Å². The van der Waals surface area contributed by atoms with Crippen LogP contribution in [0.5, 0.6) is 0 Å².